The Bertz CT molecular complexity index is 1860. The molecule has 9 unspecified atom stereocenters. The van der Waals surface area contributed by atoms with Gasteiger partial charge in [0.15, 0.2) is 0 Å². The third-order valence-corrected chi connectivity index (χ3v) is 10.3. The normalized spacial score (nSPS) is 25.4. The quantitative estimate of drug-likeness (QED) is 0.0720. The predicted molar refractivity (Wildman–Crippen MR) is 215 cm³/mol. The Morgan fingerprint density at radius 3 is 1.42 bits per heavy atom. The van der Waals surface area contributed by atoms with Crippen LogP contribution >= 0.6 is 0 Å². The van der Waals surface area contributed by atoms with E-state index in [9.17, 15) is 14.4 Å². The van der Waals surface area contributed by atoms with Gasteiger partial charge in [0, 0.05) is 33.1 Å². The number of benzene rings is 4. The molecule has 2 aliphatic heterocycles. The number of rotatable bonds is 19. The predicted octanol–water partition coefficient (Wildman–Crippen LogP) is 6.91. The maximum Gasteiger partial charge on any atom is 0.305 e. The van der Waals surface area contributed by atoms with Crippen LogP contribution in [-0.2, 0) is 83.4 Å². The van der Waals surface area contributed by atoms with Gasteiger partial charge in [0.1, 0.15) is 31.5 Å². The van der Waals surface area contributed by atoms with E-state index in [-0.39, 0.29) is 39.5 Å². The van der Waals surface area contributed by atoms with Crippen molar-refractivity contribution in [1.82, 2.24) is 0 Å². The van der Waals surface area contributed by atoms with Gasteiger partial charge in [-0.1, -0.05) is 121 Å². The van der Waals surface area contributed by atoms with Gasteiger partial charge in [-0.25, -0.2) is 0 Å². The summed E-state index contributed by atoms with van der Waals surface area (Å²) >= 11 is 0. The fraction of sp³-hybridized carbons (Fsp3) is 0.426. The minimum atomic E-state index is -1.20. The molecule has 2 saturated heterocycles. The highest BCUT2D eigenvalue weighted by Gasteiger charge is 2.52. The molecule has 9 atom stereocenters. The van der Waals surface area contributed by atoms with Crippen molar-refractivity contribution >= 4 is 17.9 Å². The molecule has 12 heteroatoms. The highest BCUT2D eigenvalue weighted by molar-refractivity contribution is 5.66. The SMILES string of the molecule is CC(=O)OCC1CC(OCc2ccccc2)C(OCc2ccccc2)C(CC2C(OCc3ccccc3)C(COC(C)=O)OC(OC(C)=O)C2OCc2ccccc2)O1. The van der Waals surface area contributed by atoms with Gasteiger partial charge in [-0.2, -0.15) is 0 Å². The van der Waals surface area contributed by atoms with Gasteiger partial charge in [-0.3, -0.25) is 14.4 Å². The second kappa shape index (κ2) is 22.4. The molecular formula is C47H54O12. The lowest BCUT2D eigenvalue weighted by molar-refractivity contribution is -0.307. The maximum absolute atomic E-state index is 12.7. The van der Waals surface area contributed by atoms with Gasteiger partial charge < -0.3 is 42.6 Å². The molecule has 0 aromatic heterocycles. The smallest absolute Gasteiger partial charge is 0.305 e. The molecule has 0 saturated carbocycles. The molecule has 12 nitrogen and oxygen atoms in total. The van der Waals surface area contributed by atoms with Crippen molar-refractivity contribution in [3.05, 3.63) is 144 Å². The highest BCUT2D eigenvalue weighted by Crippen LogP contribution is 2.40. The number of carbonyl (C=O) groups is 3. The average Bonchev–Trinajstić information content (AvgIpc) is 3.24. The lowest BCUT2D eigenvalue weighted by Gasteiger charge is -2.48. The van der Waals surface area contributed by atoms with E-state index in [1.807, 2.05) is 121 Å². The molecule has 0 amide bonds. The summed E-state index contributed by atoms with van der Waals surface area (Å²) in [6, 6.07) is 39.0. The first-order chi connectivity index (χ1) is 28.7. The van der Waals surface area contributed by atoms with E-state index in [4.69, 9.17) is 42.6 Å². The van der Waals surface area contributed by atoms with Crippen LogP contribution in [0.4, 0.5) is 0 Å². The van der Waals surface area contributed by atoms with Crippen LogP contribution in [0, 0.1) is 5.92 Å². The summed E-state index contributed by atoms with van der Waals surface area (Å²) < 4.78 is 57.2. The highest BCUT2D eigenvalue weighted by atomic mass is 16.7. The van der Waals surface area contributed by atoms with Crippen molar-refractivity contribution in [2.75, 3.05) is 13.2 Å². The molecule has 0 radical (unpaired) electrons. The zero-order valence-corrected chi connectivity index (χ0v) is 33.8. The lowest BCUT2D eigenvalue weighted by Crippen LogP contribution is -2.61. The fourth-order valence-corrected chi connectivity index (χ4v) is 7.53. The third-order valence-electron chi connectivity index (χ3n) is 10.3. The zero-order chi connectivity index (χ0) is 41.4. The molecule has 4 aromatic carbocycles. The molecule has 6 rings (SSSR count). The second-order valence-corrected chi connectivity index (χ2v) is 14.8. The van der Waals surface area contributed by atoms with Crippen LogP contribution in [0.2, 0.25) is 0 Å². The Morgan fingerprint density at radius 1 is 0.508 bits per heavy atom. The van der Waals surface area contributed by atoms with Crippen LogP contribution in [-0.4, -0.2) is 80.1 Å². The molecule has 2 aliphatic rings. The van der Waals surface area contributed by atoms with Gasteiger partial charge >= 0.3 is 17.9 Å². The van der Waals surface area contributed by atoms with E-state index >= 15 is 0 Å². The minimum Gasteiger partial charge on any atom is -0.463 e. The van der Waals surface area contributed by atoms with Gasteiger partial charge in [-0.05, 0) is 28.7 Å². The topological polar surface area (TPSA) is 134 Å². The second-order valence-electron chi connectivity index (χ2n) is 14.8. The Hall–Kier alpha value is -4.95. The van der Waals surface area contributed by atoms with E-state index in [0.717, 1.165) is 22.3 Å². The third kappa shape index (κ3) is 13.5. The Labute approximate surface area is 345 Å². The van der Waals surface area contributed by atoms with Crippen LogP contribution in [0.3, 0.4) is 0 Å². The van der Waals surface area contributed by atoms with Crippen LogP contribution < -0.4 is 0 Å². The number of esters is 3. The van der Waals surface area contributed by atoms with Crippen molar-refractivity contribution in [2.45, 2.75) is 109 Å². The Balaban J connectivity index is 1.40. The Morgan fingerprint density at radius 2 is 0.949 bits per heavy atom. The van der Waals surface area contributed by atoms with Gasteiger partial charge in [0.2, 0.25) is 6.29 Å². The molecular weight excluding hydrogens is 757 g/mol. The van der Waals surface area contributed by atoms with Crippen molar-refractivity contribution in [3.8, 4) is 0 Å². The van der Waals surface area contributed by atoms with Crippen molar-refractivity contribution < 1.29 is 57.0 Å². The van der Waals surface area contributed by atoms with Crippen LogP contribution in [0.1, 0.15) is 55.9 Å². The first-order valence-corrected chi connectivity index (χ1v) is 20.1. The summed E-state index contributed by atoms with van der Waals surface area (Å²) in [6.07, 6.45) is -5.46. The summed E-state index contributed by atoms with van der Waals surface area (Å²) in [4.78, 5) is 37.0. The molecule has 0 bridgehead atoms. The minimum absolute atomic E-state index is 0.00321. The summed E-state index contributed by atoms with van der Waals surface area (Å²) in [5.74, 6) is -2.11. The number of carbonyl (C=O) groups excluding carboxylic acids is 3. The molecule has 0 aliphatic carbocycles. The molecule has 59 heavy (non-hydrogen) atoms. The molecule has 0 spiro atoms. The Kier molecular flexibility index (Phi) is 16.6. The standard InChI is InChI=1S/C47H54O12/c1-32(48)51-30-39-24-41(53-26-35-16-8-4-9-17-35)46(56-29-38-22-14-7-15-23-38)42(58-39)25-40-44(54-27-36-18-10-5-11-19-36)43(31-52-33(2)49)59-47(57-34(3)50)45(40)55-28-37-20-12-6-13-21-37/h4-23,39-47H,24-31H2,1-3H3. The van der Waals surface area contributed by atoms with Crippen molar-refractivity contribution in [3.63, 3.8) is 0 Å². The van der Waals surface area contributed by atoms with E-state index < -0.39 is 72.8 Å². The summed E-state index contributed by atoms with van der Waals surface area (Å²) in [5, 5.41) is 0. The first kappa shape index (κ1) is 43.6. The van der Waals surface area contributed by atoms with Gasteiger partial charge in [0.25, 0.3) is 0 Å². The van der Waals surface area contributed by atoms with Crippen LogP contribution in [0.5, 0.6) is 0 Å². The van der Waals surface area contributed by atoms with E-state index in [1.54, 1.807) is 0 Å². The molecule has 4 aromatic rings. The number of ether oxygens (including phenoxy) is 9. The maximum atomic E-state index is 12.7. The summed E-state index contributed by atoms with van der Waals surface area (Å²) in [5.41, 5.74) is 3.76. The van der Waals surface area contributed by atoms with E-state index in [0.29, 0.717) is 13.0 Å². The fourth-order valence-electron chi connectivity index (χ4n) is 7.53. The number of hydrogen-bond donors (Lipinski definition) is 0. The summed E-state index contributed by atoms with van der Waals surface area (Å²) in [6.45, 7) is 4.76. The van der Waals surface area contributed by atoms with Crippen LogP contribution in [0.15, 0.2) is 121 Å². The first-order valence-electron chi connectivity index (χ1n) is 20.1. The van der Waals surface area contributed by atoms with Crippen molar-refractivity contribution in [2.24, 2.45) is 5.92 Å². The van der Waals surface area contributed by atoms with E-state index in [2.05, 4.69) is 0 Å². The van der Waals surface area contributed by atoms with Gasteiger partial charge in [-0.15, -0.1) is 0 Å². The molecule has 2 heterocycles. The van der Waals surface area contributed by atoms with E-state index in [1.165, 1.54) is 20.8 Å². The zero-order valence-electron chi connectivity index (χ0n) is 33.8. The average molecular weight is 811 g/mol. The molecule has 0 N–H and O–H groups in total. The van der Waals surface area contributed by atoms with Gasteiger partial charge in [0.05, 0.1) is 50.8 Å². The monoisotopic (exact) mass is 810 g/mol. The lowest BCUT2D eigenvalue weighted by atomic mass is 9.81. The van der Waals surface area contributed by atoms with Crippen LogP contribution in [0.25, 0.3) is 0 Å². The summed E-state index contributed by atoms with van der Waals surface area (Å²) in [7, 11) is 0. The number of hydrogen-bond acceptors (Lipinski definition) is 12. The molecule has 2 fully saturated rings. The molecule has 314 valence electrons. The van der Waals surface area contributed by atoms with Crippen molar-refractivity contribution in [1.29, 1.82) is 0 Å². The largest absolute Gasteiger partial charge is 0.463 e.